The average Bonchev–Trinajstić information content (AvgIpc) is 3.07. The second-order valence-electron chi connectivity index (χ2n) is 6.33. The van der Waals surface area contributed by atoms with Crippen LogP contribution in [0.15, 0.2) is 53.4 Å². The van der Waals surface area contributed by atoms with Crippen LogP contribution in [-0.4, -0.2) is 26.4 Å². The van der Waals surface area contributed by atoms with Crippen molar-refractivity contribution in [1.82, 2.24) is 9.71 Å². The Morgan fingerprint density at radius 1 is 1.10 bits per heavy atom. The Morgan fingerprint density at radius 3 is 2.38 bits per heavy atom. The van der Waals surface area contributed by atoms with Gasteiger partial charge in [0.15, 0.2) is 5.13 Å². The lowest BCUT2D eigenvalue weighted by Gasteiger charge is -2.05. The summed E-state index contributed by atoms with van der Waals surface area (Å²) in [7, 11) is -2.09. The van der Waals surface area contributed by atoms with Gasteiger partial charge in [0, 0.05) is 21.9 Å². The van der Waals surface area contributed by atoms with Crippen molar-refractivity contribution in [1.29, 1.82) is 0 Å². The van der Waals surface area contributed by atoms with Gasteiger partial charge in [-0.3, -0.25) is 4.79 Å². The molecule has 0 unspecified atom stereocenters. The molecule has 0 aliphatic carbocycles. The first-order chi connectivity index (χ1) is 13.8. The van der Waals surface area contributed by atoms with Crippen molar-refractivity contribution in [2.24, 2.45) is 0 Å². The van der Waals surface area contributed by atoms with Crippen molar-refractivity contribution in [3.05, 3.63) is 64.0 Å². The number of hydrogen-bond donors (Lipinski definition) is 2. The molecular weight excluding hydrogens is 430 g/mol. The standard InChI is InChI=1S/C20H20ClN3O3S2/c1-13-19(15-6-8-16(21)9-7-15)24-20(28-13)23-18(25)12-5-14-3-10-17(11-4-14)29(26,27)22-2/h3-4,6-11,22H,5,12H2,1-2H3,(H,23,24,25). The van der Waals surface area contributed by atoms with Gasteiger partial charge in [0.05, 0.1) is 10.6 Å². The van der Waals surface area contributed by atoms with E-state index in [1.807, 2.05) is 19.1 Å². The average molecular weight is 450 g/mol. The Morgan fingerprint density at radius 2 is 1.76 bits per heavy atom. The SMILES string of the molecule is CNS(=O)(=O)c1ccc(CCC(=O)Nc2nc(-c3ccc(Cl)cc3)c(C)s2)cc1. The Labute approximate surface area is 179 Å². The summed E-state index contributed by atoms with van der Waals surface area (Å²) >= 11 is 7.35. The summed E-state index contributed by atoms with van der Waals surface area (Å²) < 4.78 is 25.8. The number of hydrogen-bond acceptors (Lipinski definition) is 5. The van der Waals surface area contributed by atoms with Crippen LogP contribution in [0.1, 0.15) is 16.9 Å². The molecule has 0 fully saturated rings. The van der Waals surface area contributed by atoms with Gasteiger partial charge in [0.2, 0.25) is 15.9 Å². The van der Waals surface area contributed by atoms with Gasteiger partial charge in [-0.2, -0.15) is 0 Å². The summed E-state index contributed by atoms with van der Waals surface area (Å²) in [6, 6.07) is 13.9. The summed E-state index contributed by atoms with van der Waals surface area (Å²) in [6.07, 6.45) is 0.771. The smallest absolute Gasteiger partial charge is 0.240 e. The molecule has 0 saturated carbocycles. The van der Waals surface area contributed by atoms with Crippen molar-refractivity contribution in [2.45, 2.75) is 24.7 Å². The molecule has 0 radical (unpaired) electrons. The van der Waals surface area contributed by atoms with E-state index in [0.717, 1.165) is 21.7 Å². The molecule has 0 bridgehead atoms. The highest BCUT2D eigenvalue weighted by molar-refractivity contribution is 7.89. The summed E-state index contributed by atoms with van der Waals surface area (Å²) in [5.74, 6) is -0.145. The predicted molar refractivity (Wildman–Crippen MR) is 117 cm³/mol. The molecule has 2 aromatic carbocycles. The van der Waals surface area contributed by atoms with Gasteiger partial charge < -0.3 is 5.32 Å². The molecular formula is C20H20ClN3O3S2. The number of thiazole rings is 1. The van der Waals surface area contributed by atoms with E-state index in [9.17, 15) is 13.2 Å². The molecule has 0 saturated heterocycles. The van der Waals surface area contributed by atoms with E-state index in [0.29, 0.717) is 16.6 Å². The molecule has 1 heterocycles. The lowest BCUT2D eigenvalue weighted by molar-refractivity contribution is -0.116. The van der Waals surface area contributed by atoms with Crippen LogP contribution >= 0.6 is 22.9 Å². The summed E-state index contributed by atoms with van der Waals surface area (Å²) in [5, 5.41) is 4.04. The van der Waals surface area contributed by atoms with Gasteiger partial charge in [0.1, 0.15) is 0 Å². The number of aryl methyl sites for hydroxylation is 2. The van der Waals surface area contributed by atoms with Crippen LogP contribution < -0.4 is 10.0 Å². The second-order valence-corrected chi connectivity index (χ2v) is 9.86. The maximum Gasteiger partial charge on any atom is 0.240 e. The largest absolute Gasteiger partial charge is 0.302 e. The molecule has 29 heavy (non-hydrogen) atoms. The molecule has 0 atom stereocenters. The van der Waals surface area contributed by atoms with E-state index >= 15 is 0 Å². The van der Waals surface area contributed by atoms with Crippen molar-refractivity contribution in [3.8, 4) is 11.3 Å². The molecule has 3 rings (SSSR count). The fraction of sp³-hybridized carbons (Fsp3) is 0.200. The number of sulfonamides is 1. The van der Waals surface area contributed by atoms with Gasteiger partial charge in [-0.1, -0.05) is 35.9 Å². The number of aromatic nitrogens is 1. The molecule has 9 heteroatoms. The second kappa shape index (κ2) is 9.04. The first-order valence-corrected chi connectivity index (χ1v) is 11.5. The summed E-state index contributed by atoms with van der Waals surface area (Å²) in [5.41, 5.74) is 2.65. The zero-order chi connectivity index (χ0) is 21.0. The van der Waals surface area contributed by atoms with Crippen LogP contribution in [0.5, 0.6) is 0 Å². The summed E-state index contributed by atoms with van der Waals surface area (Å²) in [6.45, 7) is 1.96. The van der Waals surface area contributed by atoms with Gasteiger partial charge in [-0.25, -0.2) is 18.1 Å². The van der Waals surface area contributed by atoms with Gasteiger partial charge in [-0.15, -0.1) is 11.3 Å². The van der Waals surface area contributed by atoms with Gasteiger partial charge in [0.25, 0.3) is 0 Å². The zero-order valence-corrected chi connectivity index (χ0v) is 18.3. The zero-order valence-electron chi connectivity index (χ0n) is 15.9. The highest BCUT2D eigenvalue weighted by Gasteiger charge is 2.13. The first kappa shape index (κ1) is 21.4. The number of carbonyl (C=O) groups excluding carboxylic acids is 1. The number of anilines is 1. The van der Waals surface area contributed by atoms with E-state index < -0.39 is 10.0 Å². The van der Waals surface area contributed by atoms with Crippen LogP contribution in [0.2, 0.25) is 5.02 Å². The van der Waals surface area contributed by atoms with Crippen LogP contribution in [0.4, 0.5) is 5.13 Å². The Bertz CT molecular complexity index is 1110. The van der Waals surface area contributed by atoms with Crippen molar-refractivity contribution < 1.29 is 13.2 Å². The number of halogens is 1. The number of rotatable bonds is 7. The third-order valence-corrected chi connectivity index (χ3v) is 6.87. The molecule has 0 spiro atoms. The van der Waals surface area contributed by atoms with Crippen molar-refractivity contribution >= 4 is 44.0 Å². The number of amides is 1. The van der Waals surface area contributed by atoms with E-state index in [4.69, 9.17) is 11.6 Å². The highest BCUT2D eigenvalue weighted by Crippen LogP contribution is 2.31. The fourth-order valence-electron chi connectivity index (χ4n) is 2.72. The molecule has 3 aromatic rings. The lowest BCUT2D eigenvalue weighted by atomic mass is 10.1. The van der Waals surface area contributed by atoms with Crippen molar-refractivity contribution in [3.63, 3.8) is 0 Å². The molecule has 6 nitrogen and oxygen atoms in total. The number of nitrogens with zero attached hydrogens (tertiary/aromatic N) is 1. The fourth-order valence-corrected chi connectivity index (χ4v) is 4.43. The normalized spacial score (nSPS) is 11.4. The predicted octanol–water partition coefficient (Wildman–Crippen LogP) is 4.25. The van der Waals surface area contributed by atoms with Crippen LogP contribution in [0.25, 0.3) is 11.3 Å². The number of nitrogens with one attached hydrogen (secondary N) is 2. The van der Waals surface area contributed by atoms with Crippen molar-refractivity contribution in [2.75, 3.05) is 12.4 Å². The minimum Gasteiger partial charge on any atom is -0.302 e. The molecule has 1 aromatic heterocycles. The van der Waals surface area contributed by atoms with E-state index in [2.05, 4.69) is 15.0 Å². The highest BCUT2D eigenvalue weighted by atomic mass is 35.5. The Balaban J connectivity index is 1.60. The minimum absolute atomic E-state index is 0.145. The number of benzene rings is 2. The molecule has 1 amide bonds. The molecule has 152 valence electrons. The first-order valence-electron chi connectivity index (χ1n) is 8.84. The quantitative estimate of drug-likeness (QED) is 0.564. The maximum atomic E-state index is 12.3. The van der Waals surface area contributed by atoms with E-state index in [-0.39, 0.29) is 17.2 Å². The van der Waals surface area contributed by atoms with Crippen LogP contribution in [0.3, 0.4) is 0 Å². The number of carbonyl (C=O) groups is 1. The minimum atomic E-state index is -3.46. The van der Waals surface area contributed by atoms with E-state index in [1.165, 1.54) is 30.5 Å². The molecule has 2 N–H and O–H groups in total. The van der Waals surface area contributed by atoms with Crippen LogP contribution in [0, 0.1) is 6.92 Å². The molecule has 0 aliphatic heterocycles. The summed E-state index contributed by atoms with van der Waals surface area (Å²) in [4.78, 5) is 18.0. The Kier molecular flexibility index (Phi) is 6.69. The lowest BCUT2D eigenvalue weighted by Crippen LogP contribution is -2.18. The molecule has 0 aliphatic rings. The third-order valence-electron chi connectivity index (χ3n) is 4.30. The monoisotopic (exact) mass is 449 g/mol. The maximum absolute atomic E-state index is 12.3. The van der Waals surface area contributed by atoms with Gasteiger partial charge in [-0.05, 0) is 50.2 Å². The van der Waals surface area contributed by atoms with Crippen LogP contribution in [-0.2, 0) is 21.2 Å². The third kappa shape index (κ3) is 5.42. The van der Waals surface area contributed by atoms with E-state index in [1.54, 1.807) is 24.3 Å². The topological polar surface area (TPSA) is 88.2 Å². The van der Waals surface area contributed by atoms with Gasteiger partial charge >= 0.3 is 0 Å². The Hall–Kier alpha value is -2.26.